The van der Waals surface area contributed by atoms with Gasteiger partial charge in [0.2, 0.25) is 0 Å². The zero-order chi connectivity index (χ0) is 15.1. The molecule has 0 atom stereocenters. The molecule has 0 saturated carbocycles. The van der Waals surface area contributed by atoms with Crippen LogP contribution in [0.4, 0.5) is 0 Å². The largest absolute Gasteiger partial charge is 0.496 e. The van der Waals surface area contributed by atoms with Crippen LogP contribution in [0.15, 0.2) is 12.1 Å². The molecule has 0 amide bonds. The SMILES string of the molecule is CCOC(=O)CC(=O)c1cc(OC)c(OC)cc1OC. The third-order valence-electron chi connectivity index (χ3n) is 2.62. The van der Waals surface area contributed by atoms with Crippen LogP contribution in [0.3, 0.4) is 0 Å². The van der Waals surface area contributed by atoms with Crippen molar-refractivity contribution in [2.45, 2.75) is 13.3 Å². The third-order valence-corrected chi connectivity index (χ3v) is 2.62. The molecule has 1 aromatic rings. The minimum Gasteiger partial charge on any atom is -0.496 e. The van der Waals surface area contributed by atoms with Crippen molar-refractivity contribution >= 4 is 11.8 Å². The van der Waals surface area contributed by atoms with Crippen molar-refractivity contribution in [1.29, 1.82) is 0 Å². The van der Waals surface area contributed by atoms with E-state index in [2.05, 4.69) is 0 Å². The maximum Gasteiger partial charge on any atom is 0.313 e. The van der Waals surface area contributed by atoms with Gasteiger partial charge in [0, 0.05) is 6.07 Å². The van der Waals surface area contributed by atoms with Crippen LogP contribution in [0, 0.1) is 0 Å². The maximum atomic E-state index is 12.1. The van der Waals surface area contributed by atoms with Crippen LogP contribution in [-0.4, -0.2) is 39.7 Å². The van der Waals surface area contributed by atoms with E-state index in [0.29, 0.717) is 17.2 Å². The smallest absolute Gasteiger partial charge is 0.313 e. The standard InChI is InChI=1S/C14H18O6/c1-5-20-14(16)7-10(15)9-6-12(18-3)13(19-4)8-11(9)17-2/h6,8H,5,7H2,1-4H3. The van der Waals surface area contributed by atoms with E-state index in [1.807, 2.05) is 0 Å². The van der Waals surface area contributed by atoms with Gasteiger partial charge in [-0.15, -0.1) is 0 Å². The van der Waals surface area contributed by atoms with E-state index in [4.69, 9.17) is 18.9 Å². The number of carbonyl (C=O) groups is 2. The van der Waals surface area contributed by atoms with Gasteiger partial charge in [-0.3, -0.25) is 9.59 Å². The van der Waals surface area contributed by atoms with Crippen molar-refractivity contribution < 1.29 is 28.5 Å². The first-order chi connectivity index (χ1) is 9.57. The van der Waals surface area contributed by atoms with Crippen LogP contribution in [0.1, 0.15) is 23.7 Å². The lowest BCUT2D eigenvalue weighted by Gasteiger charge is -2.13. The molecule has 0 N–H and O–H groups in total. The van der Waals surface area contributed by atoms with Gasteiger partial charge in [-0.25, -0.2) is 0 Å². The number of rotatable bonds is 7. The fourth-order valence-corrected chi connectivity index (χ4v) is 1.69. The number of esters is 1. The van der Waals surface area contributed by atoms with Crippen LogP contribution in [0.25, 0.3) is 0 Å². The molecule has 20 heavy (non-hydrogen) atoms. The molecule has 0 fully saturated rings. The summed E-state index contributed by atoms with van der Waals surface area (Å²) in [5, 5.41) is 0. The van der Waals surface area contributed by atoms with Crippen LogP contribution < -0.4 is 14.2 Å². The van der Waals surface area contributed by atoms with E-state index in [1.165, 1.54) is 33.5 Å². The molecule has 0 spiro atoms. The second-order valence-corrected chi connectivity index (χ2v) is 3.81. The lowest BCUT2D eigenvalue weighted by Crippen LogP contribution is -2.12. The lowest BCUT2D eigenvalue weighted by atomic mass is 10.1. The summed E-state index contributed by atoms with van der Waals surface area (Å²) >= 11 is 0. The van der Waals surface area contributed by atoms with Gasteiger partial charge in [0.25, 0.3) is 0 Å². The Hall–Kier alpha value is -2.24. The van der Waals surface area contributed by atoms with E-state index >= 15 is 0 Å². The van der Waals surface area contributed by atoms with Crippen molar-refractivity contribution in [3.8, 4) is 17.2 Å². The van der Waals surface area contributed by atoms with Crippen LogP contribution >= 0.6 is 0 Å². The molecule has 0 saturated heterocycles. The molecule has 1 rings (SSSR count). The Kier molecular flexibility index (Phi) is 5.83. The number of ether oxygens (including phenoxy) is 4. The van der Waals surface area contributed by atoms with Crippen molar-refractivity contribution in [3.05, 3.63) is 17.7 Å². The van der Waals surface area contributed by atoms with Gasteiger partial charge in [-0.1, -0.05) is 0 Å². The summed E-state index contributed by atoms with van der Waals surface area (Å²) in [6.45, 7) is 1.91. The predicted molar refractivity (Wildman–Crippen MR) is 71.7 cm³/mol. The van der Waals surface area contributed by atoms with E-state index in [0.717, 1.165) is 0 Å². The highest BCUT2D eigenvalue weighted by molar-refractivity contribution is 6.08. The number of benzene rings is 1. The molecule has 110 valence electrons. The first-order valence-corrected chi connectivity index (χ1v) is 6.06. The molecule has 0 unspecified atom stereocenters. The minimum atomic E-state index is -0.575. The van der Waals surface area contributed by atoms with Gasteiger partial charge in [-0.05, 0) is 13.0 Å². The van der Waals surface area contributed by atoms with Crippen molar-refractivity contribution in [2.24, 2.45) is 0 Å². The summed E-state index contributed by atoms with van der Waals surface area (Å²) in [6, 6.07) is 3.02. The van der Waals surface area contributed by atoms with Gasteiger partial charge in [0.1, 0.15) is 12.2 Å². The van der Waals surface area contributed by atoms with Crippen molar-refractivity contribution in [2.75, 3.05) is 27.9 Å². The average molecular weight is 282 g/mol. The summed E-state index contributed by atoms with van der Waals surface area (Å²) < 4.78 is 20.1. The van der Waals surface area contributed by atoms with E-state index < -0.39 is 11.8 Å². The number of hydrogen-bond donors (Lipinski definition) is 0. The number of carbonyl (C=O) groups excluding carboxylic acids is 2. The van der Waals surface area contributed by atoms with Crippen LogP contribution in [0.5, 0.6) is 17.2 Å². The monoisotopic (exact) mass is 282 g/mol. The Balaban J connectivity index is 3.09. The molecular weight excluding hydrogens is 264 g/mol. The van der Waals surface area contributed by atoms with Crippen LogP contribution in [0.2, 0.25) is 0 Å². The first kappa shape index (κ1) is 15.8. The summed E-state index contributed by atoms with van der Waals surface area (Å²) in [7, 11) is 4.38. The highest BCUT2D eigenvalue weighted by Crippen LogP contribution is 2.35. The zero-order valence-electron chi connectivity index (χ0n) is 12.0. The van der Waals surface area contributed by atoms with Gasteiger partial charge in [0.15, 0.2) is 17.3 Å². The predicted octanol–water partition coefficient (Wildman–Crippen LogP) is 1.85. The molecule has 0 radical (unpaired) electrons. The van der Waals surface area contributed by atoms with Gasteiger partial charge >= 0.3 is 5.97 Å². The molecule has 0 bridgehead atoms. The Morgan fingerprint density at radius 1 is 0.950 bits per heavy atom. The fourth-order valence-electron chi connectivity index (χ4n) is 1.69. The normalized spacial score (nSPS) is 9.80. The summed E-state index contributed by atoms with van der Waals surface area (Å²) in [5.41, 5.74) is 0.248. The summed E-state index contributed by atoms with van der Waals surface area (Å²) in [4.78, 5) is 23.5. The minimum absolute atomic E-state index is 0.231. The maximum absolute atomic E-state index is 12.1. The number of hydrogen-bond acceptors (Lipinski definition) is 6. The molecule has 0 aliphatic rings. The van der Waals surface area contributed by atoms with Crippen LogP contribution in [-0.2, 0) is 9.53 Å². The van der Waals surface area contributed by atoms with Gasteiger partial charge < -0.3 is 18.9 Å². The molecule has 6 heteroatoms. The highest BCUT2D eigenvalue weighted by atomic mass is 16.5. The van der Waals surface area contributed by atoms with E-state index in [-0.39, 0.29) is 18.6 Å². The van der Waals surface area contributed by atoms with E-state index in [1.54, 1.807) is 6.92 Å². The average Bonchev–Trinajstić information content (AvgIpc) is 2.45. The van der Waals surface area contributed by atoms with Crippen molar-refractivity contribution in [1.82, 2.24) is 0 Å². The van der Waals surface area contributed by atoms with Gasteiger partial charge in [0.05, 0.1) is 33.5 Å². The fraction of sp³-hybridized carbons (Fsp3) is 0.429. The Labute approximate surface area is 117 Å². The number of methoxy groups -OCH3 is 3. The molecule has 1 aromatic carbocycles. The highest BCUT2D eigenvalue weighted by Gasteiger charge is 2.20. The Morgan fingerprint density at radius 3 is 2.00 bits per heavy atom. The number of ketones is 1. The second kappa shape index (κ2) is 7.37. The Bertz CT molecular complexity index is 495. The lowest BCUT2D eigenvalue weighted by molar-refractivity contribution is -0.141. The Morgan fingerprint density at radius 2 is 1.50 bits per heavy atom. The quantitative estimate of drug-likeness (QED) is 0.432. The summed E-state index contributed by atoms with van der Waals surface area (Å²) in [5.74, 6) is 0.171. The topological polar surface area (TPSA) is 71.1 Å². The molecular formula is C14H18O6. The van der Waals surface area contributed by atoms with E-state index in [9.17, 15) is 9.59 Å². The van der Waals surface area contributed by atoms with Crippen molar-refractivity contribution in [3.63, 3.8) is 0 Å². The number of Topliss-reactive ketones (excluding diaryl/α,β-unsaturated/α-hetero) is 1. The first-order valence-electron chi connectivity index (χ1n) is 6.06. The molecule has 0 aliphatic carbocycles. The summed E-state index contributed by atoms with van der Waals surface area (Å²) in [6.07, 6.45) is -0.348. The molecule has 6 nitrogen and oxygen atoms in total. The van der Waals surface area contributed by atoms with Gasteiger partial charge in [-0.2, -0.15) is 0 Å². The zero-order valence-corrected chi connectivity index (χ0v) is 12.0. The second-order valence-electron chi connectivity index (χ2n) is 3.81. The third kappa shape index (κ3) is 3.63. The molecule has 0 heterocycles. The molecule has 0 aromatic heterocycles. The molecule has 0 aliphatic heterocycles.